The third-order valence-electron chi connectivity index (χ3n) is 5.41. The highest BCUT2D eigenvalue weighted by Gasteiger charge is 2.48. The molecule has 2 heterocycles. The number of carbonyl (C=O) groups excluding carboxylic acids is 2. The number of methoxy groups -OCH3 is 2. The Morgan fingerprint density at radius 1 is 1.06 bits per heavy atom. The molecule has 0 saturated carbocycles. The quantitative estimate of drug-likeness (QED) is 0.262. The van der Waals surface area contributed by atoms with E-state index >= 15 is 0 Å². The van der Waals surface area contributed by atoms with Gasteiger partial charge in [-0.1, -0.05) is 29.3 Å². The SMILES string of the molecule is COc1cc(/C(O)=C2\C(=O)C(=O)N(c3cccc(Cl)c3)C2c2sccc2C)c(OC)cc1Cl. The molecule has 1 aliphatic heterocycles. The second-order valence-corrected chi connectivity index (χ2v) is 9.10. The van der Waals surface area contributed by atoms with Crippen molar-refractivity contribution in [2.24, 2.45) is 0 Å². The summed E-state index contributed by atoms with van der Waals surface area (Å²) in [7, 11) is 2.85. The molecule has 0 bridgehead atoms. The molecule has 9 heteroatoms. The predicted octanol–water partition coefficient (Wildman–Crippen LogP) is 6.01. The number of amides is 1. The van der Waals surface area contributed by atoms with Crippen LogP contribution in [-0.2, 0) is 9.59 Å². The van der Waals surface area contributed by atoms with Gasteiger partial charge in [0.25, 0.3) is 11.7 Å². The summed E-state index contributed by atoms with van der Waals surface area (Å²) in [6, 6.07) is 10.7. The number of hydrogen-bond donors (Lipinski definition) is 1. The van der Waals surface area contributed by atoms with Gasteiger partial charge in [0.2, 0.25) is 0 Å². The molecule has 6 nitrogen and oxygen atoms in total. The molecule has 170 valence electrons. The number of thiophene rings is 1. The molecule has 0 spiro atoms. The normalized spacial score (nSPS) is 17.5. The Hall–Kier alpha value is -3.00. The fourth-order valence-electron chi connectivity index (χ4n) is 3.83. The maximum atomic E-state index is 13.3. The first-order valence-corrected chi connectivity index (χ1v) is 11.4. The maximum Gasteiger partial charge on any atom is 0.300 e. The number of aliphatic hydroxyl groups is 1. The first kappa shape index (κ1) is 23.2. The molecule has 1 fully saturated rings. The van der Waals surface area contributed by atoms with Crippen molar-refractivity contribution in [2.45, 2.75) is 13.0 Å². The van der Waals surface area contributed by atoms with Crippen molar-refractivity contribution in [1.82, 2.24) is 0 Å². The standard InChI is InChI=1S/C24H19Cl2NO5S/c1-12-7-8-33-23(12)20-19(21(28)15-10-18(32-3)16(26)11-17(15)31-2)22(29)24(30)27(20)14-6-4-5-13(25)9-14/h4-11,20,28H,1-3H3/b21-19+. The lowest BCUT2D eigenvalue weighted by atomic mass is 9.97. The number of hydrogen-bond acceptors (Lipinski definition) is 6. The van der Waals surface area contributed by atoms with Crippen LogP contribution in [0.1, 0.15) is 22.0 Å². The third kappa shape index (κ3) is 3.97. The van der Waals surface area contributed by atoms with Gasteiger partial charge < -0.3 is 14.6 Å². The van der Waals surface area contributed by atoms with Crippen LogP contribution in [0.5, 0.6) is 11.5 Å². The summed E-state index contributed by atoms with van der Waals surface area (Å²) in [6.45, 7) is 1.88. The highest BCUT2D eigenvalue weighted by molar-refractivity contribution is 7.10. The van der Waals surface area contributed by atoms with E-state index < -0.39 is 17.7 Å². The van der Waals surface area contributed by atoms with E-state index in [4.69, 9.17) is 32.7 Å². The van der Waals surface area contributed by atoms with Crippen LogP contribution in [0.3, 0.4) is 0 Å². The summed E-state index contributed by atoms with van der Waals surface area (Å²) >= 11 is 13.8. The average molecular weight is 504 g/mol. The molecule has 1 N–H and O–H groups in total. The lowest BCUT2D eigenvalue weighted by Gasteiger charge is -2.25. The predicted molar refractivity (Wildman–Crippen MR) is 130 cm³/mol. The zero-order chi connectivity index (χ0) is 23.9. The van der Waals surface area contributed by atoms with E-state index in [0.717, 1.165) is 10.4 Å². The monoisotopic (exact) mass is 503 g/mol. The Labute approximate surface area is 204 Å². The van der Waals surface area contributed by atoms with Gasteiger partial charge in [-0.25, -0.2) is 0 Å². The van der Waals surface area contributed by atoms with Crippen LogP contribution in [0, 0.1) is 6.92 Å². The van der Waals surface area contributed by atoms with Crippen molar-refractivity contribution < 1.29 is 24.2 Å². The largest absolute Gasteiger partial charge is 0.507 e. The molecular formula is C24H19Cl2NO5S. The van der Waals surface area contributed by atoms with E-state index in [2.05, 4.69) is 0 Å². The number of Topliss-reactive ketones (excluding diaryl/α,β-unsaturated/α-hetero) is 1. The maximum absolute atomic E-state index is 13.3. The topological polar surface area (TPSA) is 76.1 Å². The van der Waals surface area contributed by atoms with Gasteiger partial charge in [0.15, 0.2) is 0 Å². The van der Waals surface area contributed by atoms with Crippen LogP contribution in [0.25, 0.3) is 5.76 Å². The summed E-state index contributed by atoms with van der Waals surface area (Å²) < 4.78 is 10.7. The number of carbonyl (C=O) groups is 2. The summed E-state index contributed by atoms with van der Waals surface area (Å²) in [5, 5.41) is 14.0. The number of ether oxygens (including phenoxy) is 2. The van der Waals surface area contributed by atoms with Crippen molar-refractivity contribution in [3.63, 3.8) is 0 Å². The summed E-state index contributed by atoms with van der Waals surface area (Å²) in [5.74, 6) is -1.46. The molecule has 0 radical (unpaired) electrons. The lowest BCUT2D eigenvalue weighted by molar-refractivity contribution is -0.132. The number of nitrogens with zero attached hydrogens (tertiary/aromatic N) is 1. The van der Waals surface area contributed by atoms with Crippen LogP contribution in [0.4, 0.5) is 5.69 Å². The van der Waals surface area contributed by atoms with Crippen molar-refractivity contribution in [2.75, 3.05) is 19.1 Å². The Kier molecular flexibility index (Phi) is 6.38. The number of aliphatic hydroxyl groups excluding tert-OH is 1. The van der Waals surface area contributed by atoms with Crippen molar-refractivity contribution >= 4 is 57.7 Å². The van der Waals surface area contributed by atoms with E-state index in [1.807, 2.05) is 18.4 Å². The smallest absolute Gasteiger partial charge is 0.300 e. The molecule has 1 aromatic heterocycles. The van der Waals surface area contributed by atoms with E-state index in [-0.39, 0.29) is 33.4 Å². The second-order valence-electron chi connectivity index (χ2n) is 7.30. The molecule has 1 amide bonds. The summed E-state index contributed by atoms with van der Waals surface area (Å²) in [6.07, 6.45) is 0. The van der Waals surface area contributed by atoms with Gasteiger partial charge in [-0.05, 0) is 48.2 Å². The molecule has 1 aliphatic rings. The molecular weight excluding hydrogens is 485 g/mol. The van der Waals surface area contributed by atoms with Crippen molar-refractivity contribution in [3.05, 3.63) is 79.5 Å². The molecule has 1 unspecified atom stereocenters. The van der Waals surface area contributed by atoms with E-state index in [1.165, 1.54) is 42.6 Å². The molecule has 4 rings (SSSR count). The molecule has 3 aromatic rings. The number of halogens is 2. The molecule has 33 heavy (non-hydrogen) atoms. The minimum absolute atomic E-state index is 0.0619. The number of aryl methyl sites for hydroxylation is 1. The van der Waals surface area contributed by atoms with Gasteiger partial charge >= 0.3 is 0 Å². The summed E-state index contributed by atoms with van der Waals surface area (Å²) in [5.41, 5.74) is 1.45. The highest BCUT2D eigenvalue weighted by atomic mass is 35.5. The van der Waals surface area contributed by atoms with Crippen LogP contribution in [0.15, 0.2) is 53.4 Å². The van der Waals surface area contributed by atoms with Crippen LogP contribution in [-0.4, -0.2) is 31.0 Å². The van der Waals surface area contributed by atoms with Crippen LogP contribution >= 0.6 is 34.5 Å². The first-order chi connectivity index (χ1) is 15.8. The molecule has 0 aliphatic carbocycles. The second kappa shape index (κ2) is 9.09. The molecule has 2 aromatic carbocycles. The minimum Gasteiger partial charge on any atom is -0.507 e. The highest BCUT2D eigenvalue weighted by Crippen LogP contribution is 2.46. The van der Waals surface area contributed by atoms with Gasteiger partial charge in [0, 0.05) is 21.7 Å². The zero-order valence-corrected chi connectivity index (χ0v) is 20.2. The molecule has 1 saturated heterocycles. The fraction of sp³-hybridized carbons (Fsp3) is 0.167. The zero-order valence-electron chi connectivity index (χ0n) is 17.9. The van der Waals surface area contributed by atoms with Gasteiger partial charge in [0.05, 0.1) is 30.4 Å². The lowest BCUT2D eigenvalue weighted by Crippen LogP contribution is -2.29. The number of benzene rings is 2. The Bertz CT molecular complexity index is 1300. The first-order valence-electron chi connectivity index (χ1n) is 9.81. The number of anilines is 1. The van der Waals surface area contributed by atoms with E-state index in [9.17, 15) is 14.7 Å². The summed E-state index contributed by atoms with van der Waals surface area (Å²) in [4.78, 5) is 28.6. The Morgan fingerprint density at radius 2 is 1.79 bits per heavy atom. The Morgan fingerprint density at radius 3 is 2.39 bits per heavy atom. The fourth-order valence-corrected chi connectivity index (χ4v) is 5.27. The average Bonchev–Trinajstić information content (AvgIpc) is 3.33. The van der Waals surface area contributed by atoms with Gasteiger partial charge in [-0.2, -0.15) is 0 Å². The third-order valence-corrected chi connectivity index (χ3v) is 7.01. The van der Waals surface area contributed by atoms with Crippen molar-refractivity contribution in [3.8, 4) is 11.5 Å². The van der Waals surface area contributed by atoms with E-state index in [0.29, 0.717) is 10.7 Å². The number of rotatable bonds is 5. The minimum atomic E-state index is -0.852. The van der Waals surface area contributed by atoms with Gasteiger partial charge in [0.1, 0.15) is 23.3 Å². The molecule has 1 atom stereocenters. The van der Waals surface area contributed by atoms with Crippen LogP contribution in [0.2, 0.25) is 10.0 Å². The van der Waals surface area contributed by atoms with Crippen molar-refractivity contribution in [1.29, 1.82) is 0 Å². The van der Waals surface area contributed by atoms with Gasteiger partial charge in [-0.15, -0.1) is 11.3 Å². The Balaban J connectivity index is 2.01. The van der Waals surface area contributed by atoms with Gasteiger partial charge in [-0.3, -0.25) is 14.5 Å². The number of ketones is 1. The van der Waals surface area contributed by atoms with E-state index in [1.54, 1.807) is 24.3 Å². The van der Waals surface area contributed by atoms with Crippen LogP contribution < -0.4 is 14.4 Å².